The molecule has 0 aliphatic rings. The molecule has 6 heteroatoms. The monoisotopic (exact) mass is 449 g/mol. The highest BCUT2D eigenvalue weighted by atomic mass is 127. The van der Waals surface area contributed by atoms with Crippen LogP contribution < -0.4 is 15.4 Å². The number of guanidine groups is 1. The molecule has 0 aliphatic carbocycles. The van der Waals surface area contributed by atoms with E-state index in [4.69, 9.17) is 9.47 Å². The summed E-state index contributed by atoms with van der Waals surface area (Å²) in [7, 11) is 1.76. The number of halogens is 1. The standard InChI is InChI=1S/C18H31N3O2.HI/c1-14(2)13-22-11-10-20-18(19-5)21-12-16(4)23-17-9-7-6-8-15(17)3;/h6-9,14,16H,10-13H2,1-5H3,(H2,19,20,21);1H. The first-order valence-corrected chi connectivity index (χ1v) is 8.27. The Balaban J connectivity index is 0.00000529. The molecule has 1 atom stereocenters. The van der Waals surface area contributed by atoms with Gasteiger partial charge in [-0.2, -0.15) is 0 Å². The molecule has 0 aliphatic heterocycles. The number of hydrogen-bond acceptors (Lipinski definition) is 3. The minimum absolute atomic E-state index is 0. The van der Waals surface area contributed by atoms with Crippen LogP contribution in [-0.4, -0.2) is 45.4 Å². The molecule has 138 valence electrons. The van der Waals surface area contributed by atoms with Gasteiger partial charge in [-0.15, -0.1) is 24.0 Å². The van der Waals surface area contributed by atoms with E-state index in [1.807, 2.05) is 38.1 Å². The summed E-state index contributed by atoms with van der Waals surface area (Å²) >= 11 is 0. The van der Waals surface area contributed by atoms with Gasteiger partial charge < -0.3 is 20.1 Å². The molecular formula is C18H32IN3O2. The second kappa shape index (κ2) is 13.3. The van der Waals surface area contributed by atoms with Crippen molar-refractivity contribution in [3.8, 4) is 5.75 Å². The Morgan fingerprint density at radius 3 is 2.50 bits per heavy atom. The van der Waals surface area contributed by atoms with Crippen LogP contribution in [0.1, 0.15) is 26.3 Å². The second-order valence-electron chi connectivity index (χ2n) is 6.04. The number of ether oxygens (including phenoxy) is 2. The molecule has 2 N–H and O–H groups in total. The lowest BCUT2D eigenvalue weighted by atomic mass is 10.2. The zero-order valence-electron chi connectivity index (χ0n) is 15.5. The summed E-state index contributed by atoms with van der Waals surface area (Å²) in [4.78, 5) is 4.20. The average molecular weight is 449 g/mol. The fraction of sp³-hybridized carbons (Fsp3) is 0.611. The SMILES string of the molecule is CN=C(NCCOCC(C)C)NCC(C)Oc1ccccc1C.I. The fourth-order valence-electron chi connectivity index (χ4n) is 1.97. The van der Waals surface area contributed by atoms with Crippen LogP contribution in [0.3, 0.4) is 0 Å². The third kappa shape index (κ3) is 9.97. The van der Waals surface area contributed by atoms with E-state index in [1.165, 1.54) is 0 Å². The number of aryl methyl sites for hydroxylation is 1. The molecule has 0 fully saturated rings. The molecule has 0 amide bonds. The zero-order valence-corrected chi connectivity index (χ0v) is 17.8. The highest BCUT2D eigenvalue weighted by molar-refractivity contribution is 14.0. The summed E-state index contributed by atoms with van der Waals surface area (Å²) < 4.78 is 11.5. The van der Waals surface area contributed by atoms with Crippen LogP contribution in [0.2, 0.25) is 0 Å². The van der Waals surface area contributed by atoms with Gasteiger partial charge in [-0.3, -0.25) is 4.99 Å². The molecular weight excluding hydrogens is 417 g/mol. The summed E-state index contributed by atoms with van der Waals surface area (Å²) in [6.07, 6.45) is 0.0480. The summed E-state index contributed by atoms with van der Waals surface area (Å²) in [5, 5.41) is 6.50. The van der Waals surface area contributed by atoms with Gasteiger partial charge >= 0.3 is 0 Å². The molecule has 0 saturated heterocycles. The van der Waals surface area contributed by atoms with Gasteiger partial charge in [-0.1, -0.05) is 32.0 Å². The summed E-state index contributed by atoms with van der Waals surface area (Å²) in [6.45, 7) is 11.3. The van der Waals surface area contributed by atoms with Crippen LogP contribution in [0.25, 0.3) is 0 Å². The van der Waals surface area contributed by atoms with Crippen LogP contribution in [0.5, 0.6) is 5.75 Å². The minimum atomic E-state index is 0. The maximum Gasteiger partial charge on any atom is 0.191 e. The smallest absolute Gasteiger partial charge is 0.191 e. The lowest BCUT2D eigenvalue weighted by Crippen LogP contribution is -2.42. The highest BCUT2D eigenvalue weighted by Crippen LogP contribution is 2.17. The predicted octanol–water partition coefficient (Wildman–Crippen LogP) is 3.22. The van der Waals surface area contributed by atoms with Crippen molar-refractivity contribution in [3.63, 3.8) is 0 Å². The van der Waals surface area contributed by atoms with Gasteiger partial charge in [0, 0.05) is 20.2 Å². The van der Waals surface area contributed by atoms with Crippen LogP contribution in [0, 0.1) is 12.8 Å². The van der Waals surface area contributed by atoms with Crippen LogP contribution in [0.15, 0.2) is 29.3 Å². The van der Waals surface area contributed by atoms with E-state index in [-0.39, 0.29) is 30.1 Å². The van der Waals surface area contributed by atoms with Gasteiger partial charge in [-0.05, 0) is 31.4 Å². The Morgan fingerprint density at radius 1 is 1.17 bits per heavy atom. The van der Waals surface area contributed by atoms with Gasteiger partial charge in [0.25, 0.3) is 0 Å². The van der Waals surface area contributed by atoms with Crippen LogP contribution in [-0.2, 0) is 4.74 Å². The summed E-state index contributed by atoms with van der Waals surface area (Å²) in [5.41, 5.74) is 1.14. The Bertz CT molecular complexity index is 481. The number of nitrogens with zero attached hydrogens (tertiary/aromatic N) is 1. The van der Waals surface area contributed by atoms with Gasteiger partial charge in [0.2, 0.25) is 0 Å². The fourth-order valence-corrected chi connectivity index (χ4v) is 1.97. The first-order valence-electron chi connectivity index (χ1n) is 8.27. The topological polar surface area (TPSA) is 54.9 Å². The lowest BCUT2D eigenvalue weighted by Gasteiger charge is -2.19. The van der Waals surface area contributed by atoms with Gasteiger partial charge in [0.05, 0.1) is 13.2 Å². The van der Waals surface area contributed by atoms with Crippen molar-refractivity contribution in [1.82, 2.24) is 10.6 Å². The normalized spacial score (nSPS) is 12.5. The average Bonchev–Trinajstić information content (AvgIpc) is 2.52. The van der Waals surface area contributed by atoms with Gasteiger partial charge in [0.15, 0.2) is 5.96 Å². The number of hydrogen-bond donors (Lipinski definition) is 2. The van der Waals surface area contributed by atoms with E-state index in [0.29, 0.717) is 19.1 Å². The van der Waals surface area contributed by atoms with Crippen LogP contribution >= 0.6 is 24.0 Å². The van der Waals surface area contributed by atoms with E-state index in [0.717, 1.165) is 30.4 Å². The number of rotatable bonds is 9. The molecule has 1 aromatic rings. The third-order valence-corrected chi connectivity index (χ3v) is 3.19. The molecule has 0 heterocycles. The molecule has 0 saturated carbocycles. The predicted molar refractivity (Wildman–Crippen MR) is 112 cm³/mol. The molecule has 5 nitrogen and oxygen atoms in total. The minimum Gasteiger partial charge on any atom is -0.489 e. The first kappa shape index (κ1) is 23.0. The van der Waals surface area contributed by atoms with E-state index < -0.39 is 0 Å². The third-order valence-electron chi connectivity index (χ3n) is 3.19. The molecule has 1 aromatic carbocycles. The van der Waals surface area contributed by atoms with Crippen molar-refractivity contribution in [2.45, 2.75) is 33.8 Å². The molecule has 0 radical (unpaired) electrons. The Labute approximate surface area is 163 Å². The van der Waals surface area contributed by atoms with E-state index in [2.05, 4.69) is 29.5 Å². The molecule has 0 aromatic heterocycles. The zero-order chi connectivity index (χ0) is 17.1. The Morgan fingerprint density at radius 2 is 1.88 bits per heavy atom. The number of benzene rings is 1. The maximum absolute atomic E-state index is 5.94. The molecule has 0 bridgehead atoms. The summed E-state index contributed by atoms with van der Waals surface area (Å²) in [5.74, 6) is 2.25. The molecule has 0 spiro atoms. The quantitative estimate of drug-likeness (QED) is 0.263. The van der Waals surface area contributed by atoms with Crippen molar-refractivity contribution in [2.75, 3.05) is 33.4 Å². The Kier molecular flexibility index (Phi) is 12.7. The molecule has 1 rings (SSSR count). The van der Waals surface area contributed by atoms with Crippen molar-refractivity contribution < 1.29 is 9.47 Å². The van der Waals surface area contributed by atoms with Crippen molar-refractivity contribution in [1.29, 1.82) is 0 Å². The van der Waals surface area contributed by atoms with E-state index in [9.17, 15) is 0 Å². The Hall–Kier alpha value is -1.02. The van der Waals surface area contributed by atoms with Crippen LogP contribution in [0.4, 0.5) is 0 Å². The number of para-hydroxylation sites is 1. The highest BCUT2D eigenvalue weighted by Gasteiger charge is 2.07. The lowest BCUT2D eigenvalue weighted by molar-refractivity contribution is 0.114. The number of nitrogens with one attached hydrogen (secondary N) is 2. The first-order chi connectivity index (χ1) is 11.0. The molecule has 1 unspecified atom stereocenters. The second-order valence-corrected chi connectivity index (χ2v) is 6.04. The van der Waals surface area contributed by atoms with Gasteiger partial charge in [-0.25, -0.2) is 0 Å². The largest absolute Gasteiger partial charge is 0.489 e. The molecule has 24 heavy (non-hydrogen) atoms. The van der Waals surface area contributed by atoms with Crippen molar-refractivity contribution in [2.24, 2.45) is 10.9 Å². The summed E-state index contributed by atoms with van der Waals surface area (Å²) in [6, 6.07) is 8.04. The van der Waals surface area contributed by atoms with Crippen molar-refractivity contribution >= 4 is 29.9 Å². The van der Waals surface area contributed by atoms with E-state index >= 15 is 0 Å². The van der Waals surface area contributed by atoms with Crippen molar-refractivity contribution in [3.05, 3.63) is 29.8 Å². The number of aliphatic imine (C=N–C) groups is 1. The van der Waals surface area contributed by atoms with Gasteiger partial charge in [0.1, 0.15) is 11.9 Å². The van der Waals surface area contributed by atoms with E-state index in [1.54, 1.807) is 7.05 Å². The maximum atomic E-state index is 5.94.